The fourth-order valence-corrected chi connectivity index (χ4v) is 4.22. The second-order valence-corrected chi connectivity index (χ2v) is 7.03. The van der Waals surface area contributed by atoms with Gasteiger partial charge in [0.2, 0.25) is 0 Å². The summed E-state index contributed by atoms with van der Waals surface area (Å²) in [5, 5.41) is 1.15. The number of fused-ring (bicyclic) bond motifs is 2. The summed E-state index contributed by atoms with van der Waals surface area (Å²) in [7, 11) is 0. The van der Waals surface area contributed by atoms with Crippen LogP contribution in [0.4, 0.5) is 0 Å². The number of carbonyl (C=O) groups is 1. The van der Waals surface area contributed by atoms with Crippen LogP contribution in [0.15, 0.2) is 18.2 Å². The molecule has 5 heteroatoms. The molecule has 4 rings (SSSR count). The van der Waals surface area contributed by atoms with Gasteiger partial charge in [0.15, 0.2) is 0 Å². The van der Waals surface area contributed by atoms with Crippen molar-refractivity contribution in [1.82, 2.24) is 9.88 Å². The van der Waals surface area contributed by atoms with E-state index in [1.54, 1.807) is 0 Å². The second-order valence-electron chi connectivity index (χ2n) is 7.03. The maximum Gasteiger partial charge on any atom is 0.270 e. The molecule has 0 radical (unpaired) electrons. The summed E-state index contributed by atoms with van der Waals surface area (Å²) in [4.78, 5) is 18.1. The molecule has 2 heterocycles. The summed E-state index contributed by atoms with van der Waals surface area (Å²) < 4.78 is 0. The molecule has 0 bridgehead atoms. The summed E-state index contributed by atoms with van der Waals surface area (Å²) in [6.07, 6.45) is 2.28. The first-order chi connectivity index (χ1) is 10.5. The highest BCUT2D eigenvalue weighted by molar-refractivity contribution is 5.99. The summed E-state index contributed by atoms with van der Waals surface area (Å²) >= 11 is 0. The molecule has 124 valence electrons. The zero-order chi connectivity index (χ0) is 15.4. The fraction of sp³-hybridized carbons (Fsp3) is 0.500. The van der Waals surface area contributed by atoms with E-state index in [0.717, 1.165) is 30.4 Å². The van der Waals surface area contributed by atoms with Gasteiger partial charge in [0, 0.05) is 30.0 Å². The Morgan fingerprint density at radius 2 is 2.04 bits per heavy atom. The van der Waals surface area contributed by atoms with Crippen molar-refractivity contribution in [3.63, 3.8) is 0 Å². The number of aromatic nitrogens is 1. The Morgan fingerprint density at radius 3 is 2.78 bits per heavy atom. The van der Waals surface area contributed by atoms with E-state index in [9.17, 15) is 4.79 Å². The smallest absolute Gasteiger partial charge is 0.270 e. The summed E-state index contributed by atoms with van der Waals surface area (Å²) in [6, 6.07) is 6.44. The molecule has 1 saturated carbocycles. The maximum atomic E-state index is 12.8. The van der Waals surface area contributed by atoms with Crippen molar-refractivity contribution in [3.05, 3.63) is 35.0 Å². The molecule has 1 aliphatic carbocycles. The monoisotopic (exact) mass is 333 g/mol. The number of nitrogens with two attached hydrogens (primary N) is 1. The lowest BCUT2D eigenvalue weighted by atomic mass is 9.98. The average molecular weight is 334 g/mol. The molecule has 1 aromatic carbocycles. The van der Waals surface area contributed by atoms with Crippen molar-refractivity contribution in [2.45, 2.75) is 32.7 Å². The number of nitrogens with one attached hydrogen (secondary N) is 1. The van der Waals surface area contributed by atoms with Gasteiger partial charge in [0.1, 0.15) is 5.69 Å². The molecule has 3 N–H and O–H groups in total. The molecule has 4 nitrogen and oxygen atoms in total. The number of likely N-dealkylation sites (tertiary alicyclic amines) is 1. The standard InChI is InChI=1S/C18H23N3O.ClH/c1-10-3-6-16-13(11(10)2)7-17(20-16)18(22)21-8-12-4-5-15(19)14(12)9-21;/h3,6-7,12,14-15,20H,4-5,8-9,19H2,1-2H3;1H. The van der Waals surface area contributed by atoms with Crippen molar-refractivity contribution in [2.75, 3.05) is 13.1 Å². The minimum absolute atomic E-state index is 0. The zero-order valence-electron chi connectivity index (χ0n) is 13.6. The summed E-state index contributed by atoms with van der Waals surface area (Å²) in [6.45, 7) is 5.90. The Kier molecular flexibility index (Phi) is 4.15. The van der Waals surface area contributed by atoms with Crippen LogP contribution in [0, 0.1) is 25.7 Å². The molecule has 2 aliphatic rings. The second kappa shape index (κ2) is 5.84. The largest absolute Gasteiger partial charge is 0.351 e. The van der Waals surface area contributed by atoms with Crippen molar-refractivity contribution in [2.24, 2.45) is 17.6 Å². The molecule has 1 amide bonds. The lowest BCUT2D eigenvalue weighted by Crippen LogP contribution is -2.33. The Balaban J connectivity index is 0.00000156. The van der Waals surface area contributed by atoms with Crippen LogP contribution >= 0.6 is 12.4 Å². The first-order valence-corrected chi connectivity index (χ1v) is 8.18. The van der Waals surface area contributed by atoms with Crippen molar-refractivity contribution in [1.29, 1.82) is 0 Å². The quantitative estimate of drug-likeness (QED) is 0.842. The van der Waals surface area contributed by atoms with E-state index in [-0.39, 0.29) is 24.4 Å². The van der Waals surface area contributed by atoms with Gasteiger partial charge in [-0.15, -0.1) is 12.4 Å². The van der Waals surface area contributed by atoms with Crippen molar-refractivity contribution < 1.29 is 4.79 Å². The zero-order valence-corrected chi connectivity index (χ0v) is 14.5. The molecule has 23 heavy (non-hydrogen) atoms. The number of halogens is 1. The molecule has 2 aromatic rings. The predicted octanol–water partition coefficient (Wildman–Crippen LogP) is 3.02. The van der Waals surface area contributed by atoms with E-state index in [1.165, 1.54) is 17.5 Å². The van der Waals surface area contributed by atoms with Crippen molar-refractivity contribution in [3.8, 4) is 0 Å². The number of H-pyrrole nitrogens is 1. The third-order valence-electron chi connectivity index (χ3n) is 5.77. The van der Waals surface area contributed by atoms with Gasteiger partial charge in [-0.1, -0.05) is 6.07 Å². The van der Waals surface area contributed by atoms with E-state index in [4.69, 9.17) is 5.73 Å². The molecule has 1 aromatic heterocycles. The van der Waals surface area contributed by atoms with Gasteiger partial charge in [-0.2, -0.15) is 0 Å². The first kappa shape index (κ1) is 16.3. The highest BCUT2D eigenvalue weighted by Gasteiger charge is 2.42. The van der Waals surface area contributed by atoms with Gasteiger partial charge in [-0.25, -0.2) is 0 Å². The third kappa shape index (κ3) is 2.54. The Morgan fingerprint density at radius 1 is 1.26 bits per heavy atom. The molecular formula is C18H24ClN3O. The van der Waals surface area contributed by atoms with Crippen LogP contribution in [0.25, 0.3) is 10.9 Å². The van der Waals surface area contributed by atoms with E-state index in [1.807, 2.05) is 11.0 Å². The summed E-state index contributed by atoms with van der Waals surface area (Å²) in [5.41, 5.74) is 10.4. The third-order valence-corrected chi connectivity index (χ3v) is 5.77. The number of amides is 1. The molecule has 0 spiro atoms. The van der Waals surface area contributed by atoms with Gasteiger partial charge < -0.3 is 15.6 Å². The number of carbonyl (C=O) groups excluding carboxylic acids is 1. The minimum atomic E-state index is 0. The number of nitrogens with zero attached hydrogens (tertiary/aromatic N) is 1. The number of aromatic amines is 1. The highest BCUT2D eigenvalue weighted by Crippen LogP contribution is 2.37. The molecule has 1 aliphatic heterocycles. The number of benzene rings is 1. The Hall–Kier alpha value is -1.52. The molecule has 3 atom stereocenters. The van der Waals surface area contributed by atoms with E-state index < -0.39 is 0 Å². The predicted molar refractivity (Wildman–Crippen MR) is 95.1 cm³/mol. The molecular weight excluding hydrogens is 310 g/mol. The van der Waals surface area contributed by atoms with Crippen LogP contribution in [0.5, 0.6) is 0 Å². The number of rotatable bonds is 1. The van der Waals surface area contributed by atoms with E-state index in [0.29, 0.717) is 17.5 Å². The summed E-state index contributed by atoms with van der Waals surface area (Å²) in [5.74, 6) is 1.22. The lowest BCUT2D eigenvalue weighted by molar-refractivity contribution is 0.0774. The van der Waals surface area contributed by atoms with Gasteiger partial charge in [-0.3, -0.25) is 4.79 Å². The molecule has 2 fully saturated rings. The van der Waals surface area contributed by atoms with Crippen LogP contribution in [-0.4, -0.2) is 34.9 Å². The Labute approximate surface area is 142 Å². The first-order valence-electron chi connectivity index (χ1n) is 8.18. The number of hydrogen-bond acceptors (Lipinski definition) is 2. The van der Waals surface area contributed by atoms with Gasteiger partial charge >= 0.3 is 0 Å². The Bertz CT molecular complexity index is 754. The van der Waals surface area contributed by atoms with Crippen LogP contribution in [0.2, 0.25) is 0 Å². The van der Waals surface area contributed by atoms with Crippen LogP contribution in [0.1, 0.15) is 34.5 Å². The minimum Gasteiger partial charge on any atom is -0.351 e. The average Bonchev–Trinajstić information content (AvgIpc) is 3.18. The highest BCUT2D eigenvalue weighted by atomic mass is 35.5. The van der Waals surface area contributed by atoms with Gasteiger partial charge in [0.25, 0.3) is 5.91 Å². The lowest BCUT2D eigenvalue weighted by Gasteiger charge is -2.17. The van der Waals surface area contributed by atoms with Crippen LogP contribution in [0.3, 0.4) is 0 Å². The fourth-order valence-electron chi connectivity index (χ4n) is 4.22. The molecule has 3 unspecified atom stereocenters. The van der Waals surface area contributed by atoms with Gasteiger partial charge in [-0.05, 0) is 61.8 Å². The molecule has 1 saturated heterocycles. The van der Waals surface area contributed by atoms with Crippen molar-refractivity contribution >= 4 is 29.2 Å². The topological polar surface area (TPSA) is 62.1 Å². The SMILES string of the molecule is Cc1ccc2[nH]c(C(=O)N3CC4CCC(N)C4C3)cc2c1C.Cl. The van der Waals surface area contributed by atoms with E-state index in [2.05, 4.69) is 31.0 Å². The number of hydrogen-bond donors (Lipinski definition) is 2. The van der Waals surface area contributed by atoms with Crippen LogP contribution < -0.4 is 5.73 Å². The van der Waals surface area contributed by atoms with Crippen LogP contribution in [-0.2, 0) is 0 Å². The van der Waals surface area contributed by atoms with Gasteiger partial charge in [0.05, 0.1) is 0 Å². The maximum absolute atomic E-state index is 12.8. The normalized spacial score (nSPS) is 26.4. The number of aryl methyl sites for hydroxylation is 2. The van der Waals surface area contributed by atoms with E-state index >= 15 is 0 Å².